The van der Waals surface area contributed by atoms with Crippen molar-refractivity contribution in [1.82, 2.24) is 0 Å². The molecule has 5 heteroatoms. The number of anilines is 1. The van der Waals surface area contributed by atoms with E-state index in [0.717, 1.165) is 18.7 Å². The van der Waals surface area contributed by atoms with Crippen molar-refractivity contribution in [3.63, 3.8) is 0 Å². The summed E-state index contributed by atoms with van der Waals surface area (Å²) in [6, 6.07) is 12.8. The zero-order valence-electron chi connectivity index (χ0n) is 13.2. The lowest BCUT2D eigenvalue weighted by molar-refractivity contribution is -0.255. The third-order valence-electron chi connectivity index (χ3n) is 4.15. The fourth-order valence-electron chi connectivity index (χ4n) is 2.82. The van der Waals surface area contributed by atoms with Crippen molar-refractivity contribution in [1.29, 1.82) is 0 Å². The second kappa shape index (κ2) is 7.49. The van der Waals surface area contributed by atoms with Crippen molar-refractivity contribution in [3.05, 3.63) is 58.6 Å². The summed E-state index contributed by atoms with van der Waals surface area (Å²) in [5.74, 6) is -1.30. The van der Waals surface area contributed by atoms with E-state index in [1.807, 2.05) is 12.1 Å². The molecule has 3 rings (SSSR count). The lowest BCUT2D eigenvalue weighted by atomic mass is 10.1. The highest BCUT2D eigenvalue weighted by molar-refractivity contribution is 6.33. The number of hydrogen-bond acceptors (Lipinski definition) is 4. The Hall–Kier alpha value is -2.33. The minimum Gasteiger partial charge on any atom is -0.545 e. The molecule has 1 aliphatic heterocycles. The molecular weight excluding hydrogens is 324 g/mol. The van der Waals surface area contributed by atoms with Crippen molar-refractivity contribution in [2.24, 2.45) is 4.99 Å². The zero-order valence-corrected chi connectivity index (χ0v) is 14.0. The monoisotopic (exact) mass is 341 g/mol. The summed E-state index contributed by atoms with van der Waals surface area (Å²) in [6.45, 7) is 2.23. The Morgan fingerprint density at radius 2 is 1.79 bits per heavy atom. The molecule has 0 atom stereocenters. The molecule has 0 unspecified atom stereocenters. The summed E-state index contributed by atoms with van der Waals surface area (Å²) in [5, 5.41) is 11.1. The zero-order chi connectivity index (χ0) is 16.9. The average molecular weight is 342 g/mol. The molecule has 2 aromatic rings. The number of carboxylic acid groups (broad SMARTS) is 1. The van der Waals surface area contributed by atoms with Crippen molar-refractivity contribution in [2.75, 3.05) is 18.0 Å². The van der Waals surface area contributed by atoms with Gasteiger partial charge in [-0.2, -0.15) is 0 Å². The van der Waals surface area contributed by atoms with Gasteiger partial charge in [0.2, 0.25) is 0 Å². The van der Waals surface area contributed by atoms with Crippen LogP contribution in [-0.4, -0.2) is 25.3 Å². The molecule has 0 saturated carbocycles. The van der Waals surface area contributed by atoms with Crippen molar-refractivity contribution < 1.29 is 9.90 Å². The van der Waals surface area contributed by atoms with Crippen molar-refractivity contribution in [3.8, 4) is 0 Å². The van der Waals surface area contributed by atoms with E-state index in [0.29, 0.717) is 5.69 Å². The topological polar surface area (TPSA) is 55.7 Å². The Bertz CT molecular complexity index is 750. The summed E-state index contributed by atoms with van der Waals surface area (Å²) >= 11 is 5.82. The first-order valence-electron chi connectivity index (χ1n) is 8.03. The number of halogens is 1. The smallest absolute Gasteiger partial charge is 0.0731 e. The van der Waals surface area contributed by atoms with E-state index in [9.17, 15) is 9.90 Å². The number of benzene rings is 2. The lowest BCUT2D eigenvalue weighted by Gasteiger charge is -2.28. The van der Waals surface area contributed by atoms with Crippen LogP contribution in [0.5, 0.6) is 0 Å². The highest BCUT2D eigenvalue weighted by atomic mass is 35.5. The third kappa shape index (κ3) is 3.95. The standard InChI is InChI=1S/C19H19ClN2O2/c20-18-9-6-15(12-17(18)19(23)24)21-13-14-4-7-16(8-5-14)22-10-2-1-3-11-22/h4-9,12-13H,1-3,10-11H2,(H,23,24)/p-1. The molecule has 1 aliphatic rings. The number of piperidine rings is 1. The van der Waals surface area contributed by atoms with Crippen LogP contribution in [0.25, 0.3) is 0 Å². The van der Waals surface area contributed by atoms with Gasteiger partial charge >= 0.3 is 0 Å². The second-order valence-corrected chi connectivity index (χ2v) is 6.26. The number of rotatable bonds is 4. The summed E-state index contributed by atoms with van der Waals surface area (Å²) in [7, 11) is 0. The minimum atomic E-state index is -1.30. The molecule has 1 fully saturated rings. The molecule has 0 aromatic heterocycles. The van der Waals surface area contributed by atoms with E-state index in [2.05, 4.69) is 22.0 Å². The minimum absolute atomic E-state index is 0.0493. The fraction of sp³-hybridized carbons (Fsp3) is 0.263. The number of carboxylic acids is 1. The van der Waals surface area contributed by atoms with Crippen LogP contribution in [0.3, 0.4) is 0 Å². The Kier molecular flexibility index (Phi) is 5.16. The van der Waals surface area contributed by atoms with Crippen LogP contribution in [0, 0.1) is 0 Å². The maximum absolute atomic E-state index is 11.0. The quantitative estimate of drug-likeness (QED) is 0.800. The van der Waals surface area contributed by atoms with Crippen LogP contribution in [0.15, 0.2) is 47.5 Å². The SMILES string of the molecule is O=C([O-])c1cc(N=Cc2ccc(N3CCCCC3)cc2)ccc1Cl. The largest absolute Gasteiger partial charge is 0.545 e. The maximum atomic E-state index is 11.0. The van der Waals surface area contributed by atoms with E-state index >= 15 is 0 Å². The van der Waals surface area contributed by atoms with Crippen LogP contribution in [0.1, 0.15) is 35.2 Å². The molecule has 0 aliphatic carbocycles. The molecule has 124 valence electrons. The van der Waals surface area contributed by atoms with E-state index in [1.54, 1.807) is 12.3 Å². The Balaban J connectivity index is 1.72. The molecule has 0 spiro atoms. The predicted octanol–water partition coefficient (Wildman–Crippen LogP) is 3.44. The van der Waals surface area contributed by atoms with Gasteiger partial charge in [0.1, 0.15) is 0 Å². The first-order chi connectivity index (χ1) is 11.6. The number of carbonyl (C=O) groups is 1. The van der Waals surface area contributed by atoms with Crippen LogP contribution in [0.4, 0.5) is 11.4 Å². The number of aliphatic imine (C=N–C) groups is 1. The highest BCUT2D eigenvalue weighted by Gasteiger charge is 2.10. The summed E-state index contributed by atoms with van der Waals surface area (Å²) < 4.78 is 0. The number of hydrogen-bond donors (Lipinski definition) is 0. The molecule has 1 saturated heterocycles. The third-order valence-corrected chi connectivity index (χ3v) is 4.48. The van der Waals surface area contributed by atoms with Gasteiger partial charge in [0.05, 0.1) is 11.7 Å². The van der Waals surface area contributed by atoms with E-state index < -0.39 is 5.97 Å². The molecule has 1 heterocycles. The van der Waals surface area contributed by atoms with Gasteiger partial charge in [0, 0.05) is 35.6 Å². The number of carbonyl (C=O) groups excluding carboxylic acids is 1. The first kappa shape index (κ1) is 16.5. The summed E-state index contributed by atoms with van der Waals surface area (Å²) in [5.41, 5.74) is 2.67. The molecule has 24 heavy (non-hydrogen) atoms. The molecule has 2 aromatic carbocycles. The van der Waals surface area contributed by atoms with Gasteiger partial charge in [-0.15, -0.1) is 0 Å². The van der Waals surface area contributed by atoms with Gasteiger partial charge in [0.25, 0.3) is 0 Å². The summed E-state index contributed by atoms with van der Waals surface area (Å²) in [6.07, 6.45) is 5.53. The van der Waals surface area contributed by atoms with Crippen LogP contribution < -0.4 is 10.0 Å². The second-order valence-electron chi connectivity index (χ2n) is 5.85. The average Bonchev–Trinajstić information content (AvgIpc) is 2.62. The van der Waals surface area contributed by atoms with Gasteiger partial charge in [-0.3, -0.25) is 4.99 Å². The van der Waals surface area contributed by atoms with Gasteiger partial charge in [0.15, 0.2) is 0 Å². The maximum Gasteiger partial charge on any atom is 0.0731 e. The number of nitrogens with zero attached hydrogens (tertiary/aromatic N) is 2. The lowest BCUT2D eigenvalue weighted by Crippen LogP contribution is -2.29. The molecule has 4 nitrogen and oxygen atoms in total. The molecule has 0 amide bonds. The Morgan fingerprint density at radius 1 is 1.08 bits per heavy atom. The predicted molar refractivity (Wildman–Crippen MR) is 95.5 cm³/mol. The van der Waals surface area contributed by atoms with Crippen molar-refractivity contribution >= 4 is 35.2 Å². The summed E-state index contributed by atoms with van der Waals surface area (Å²) in [4.78, 5) is 17.7. The highest BCUT2D eigenvalue weighted by Crippen LogP contribution is 2.23. The van der Waals surface area contributed by atoms with E-state index in [4.69, 9.17) is 11.6 Å². The normalized spacial score (nSPS) is 15.0. The first-order valence-corrected chi connectivity index (χ1v) is 8.41. The van der Waals surface area contributed by atoms with E-state index in [-0.39, 0.29) is 10.6 Å². The van der Waals surface area contributed by atoms with Crippen LogP contribution in [0.2, 0.25) is 5.02 Å². The fourth-order valence-corrected chi connectivity index (χ4v) is 3.02. The molecule has 0 radical (unpaired) electrons. The van der Waals surface area contributed by atoms with Gasteiger partial charge < -0.3 is 14.8 Å². The Labute approximate surface area is 146 Å². The van der Waals surface area contributed by atoms with Gasteiger partial charge in [-0.05, 0) is 55.2 Å². The Morgan fingerprint density at radius 3 is 2.46 bits per heavy atom. The van der Waals surface area contributed by atoms with Crippen LogP contribution in [-0.2, 0) is 0 Å². The van der Waals surface area contributed by atoms with Crippen LogP contribution >= 0.6 is 11.6 Å². The number of aromatic carboxylic acids is 1. The molecule has 0 N–H and O–H groups in total. The molecule has 0 bridgehead atoms. The van der Waals surface area contributed by atoms with Gasteiger partial charge in [-0.1, -0.05) is 23.7 Å². The molecular formula is C19H18ClN2O2-. The van der Waals surface area contributed by atoms with E-state index in [1.165, 1.54) is 37.1 Å². The van der Waals surface area contributed by atoms with Gasteiger partial charge in [-0.25, -0.2) is 0 Å². The van der Waals surface area contributed by atoms with Crippen molar-refractivity contribution in [2.45, 2.75) is 19.3 Å².